The van der Waals surface area contributed by atoms with Crippen LogP contribution >= 0.6 is 11.6 Å². The molecule has 0 saturated carbocycles. The van der Waals surface area contributed by atoms with Gasteiger partial charge in [-0.3, -0.25) is 0 Å². The van der Waals surface area contributed by atoms with E-state index in [4.69, 9.17) is 16.3 Å². The summed E-state index contributed by atoms with van der Waals surface area (Å²) in [5.41, 5.74) is 1.08. The SMILES string of the molecule is O[C@@H](COc1ccc(F)cc1)CN1CCC(Nc2ccc(Cl)cc2)CC1. The predicted octanol–water partition coefficient (Wildman–Crippen LogP) is 3.80. The molecule has 6 heteroatoms. The molecule has 0 radical (unpaired) electrons. The number of β-amino-alcohol motifs (C(OH)–C–C–N with tert-alkyl or cyclic N) is 1. The monoisotopic (exact) mass is 378 g/mol. The van der Waals surface area contributed by atoms with Crippen LogP contribution in [-0.2, 0) is 0 Å². The summed E-state index contributed by atoms with van der Waals surface area (Å²) in [6, 6.07) is 14.0. The maximum Gasteiger partial charge on any atom is 0.123 e. The summed E-state index contributed by atoms with van der Waals surface area (Å²) in [7, 11) is 0. The first kappa shape index (κ1) is 19.0. The van der Waals surface area contributed by atoms with E-state index in [9.17, 15) is 9.50 Å². The van der Waals surface area contributed by atoms with Gasteiger partial charge < -0.3 is 20.1 Å². The number of aliphatic hydroxyl groups is 1. The molecule has 0 spiro atoms. The second-order valence-electron chi connectivity index (χ2n) is 6.64. The third-order valence-corrected chi connectivity index (χ3v) is 4.78. The predicted molar refractivity (Wildman–Crippen MR) is 102 cm³/mol. The van der Waals surface area contributed by atoms with E-state index in [1.165, 1.54) is 12.1 Å². The highest BCUT2D eigenvalue weighted by atomic mass is 35.5. The zero-order valence-corrected chi connectivity index (χ0v) is 15.3. The lowest BCUT2D eigenvalue weighted by Crippen LogP contribution is -2.43. The molecule has 4 nitrogen and oxygen atoms in total. The Hall–Kier alpha value is -1.82. The summed E-state index contributed by atoms with van der Waals surface area (Å²) >= 11 is 5.91. The van der Waals surface area contributed by atoms with Crippen LogP contribution in [0.15, 0.2) is 48.5 Å². The molecule has 1 fully saturated rings. The molecule has 1 saturated heterocycles. The van der Waals surface area contributed by atoms with Crippen LogP contribution in [-0.4, -0.2) is 48.4 Å². The molecule has 1 aliphatic rings. The van der Waals surface area contributed by atoms with Gasteiger partial charge in [0.1, 0.15) is 24.3 Å². The molecule has 2 N–H and O–H groups in total. The number of hydrogen-bond acceptors (Lipinski definition) is 4. The Balaban J connectivity index is 1.36. The van der Waals surface area contributed by atoms with E-state index in [0.29, 0.717) is 18.3 Å². The average molecular weight is 379 g/mol. The van der Waals surface area contributed by atoms with Gasteiger partial charge >= 0.3 is 0 Å². The molecule has 1 aliphatic heterocycles. The van der Waals surface area contributed by atoms with Crippen LogP contribution < -0.4 is 10.1 Å². The lowest BCUT2D eigenvalue weighted by molar-refractivity contribution is 0.0605. The smallest absolute Gasteiger partial charge is 0.123 e. The van der Waals surface area contributed by atoms with Crippen LogP contribution in [0, 0.1) is 5.82 Å². The zero-order chi connectivity index (χ0) is 18.4. The highest BCUT2D eigenvalue weighted by molar-refractivity contribution is 6.30. The van der Waals surface area contributed by atoms with Crippen LogP contribution in [0.3, 0.4) is 0 Å². The molecule has 3 rings (SSSR count). The van der Waals surface area contributed by atoms with Crippen LogP contribution in [0.25, 0.3) is 0 Å². The molecule has 1 atom stereocenters. The van der Waals surface area contributed by atoms with Crippen LogP contribution in [0.2, 0.25) is 5.02 Å². The molecular formula is C20H24ClFN2O2. The third kappa shape index (κ3) is 5.87. The second kappa shape index (κ2) is 9.21. The van der Waals surface area contributed by atoms with Crippen molar-refractivity contribution < 1.29 is 14.2 Å². The van der Waals surface area contributed by atoms with E-state index in [0.717, 1.165) is 36.6 Å². The van der Waals surface area contributed by atoms with Crippen LogP contribution in [0.5, 0.6) is 5.75 Å². The number of halogens is 2. The molecule has 26 heavy (non-hydrogen) atoms. The van der Waals surface area contributed by atoms with Gasteiger partial charge in [0.25, 0.3) is 0 Å². The van der Waals surface area contributed by atoms with Gasteiger partial charge in [0.15, 0.2) is 0 Å². The summed E-state index contributed by atoms with van der Waals surface area (Å²) in [4.78, 5) is 2.25. The Morgan fingerprint density at radius 3 is 2.42 bits per heavy atom. The lowest BCUT2D eigenvalue weighted by Gasteiger charge is -2.33. The largest absolute Gasteiger partial charge is 0.491 e. The van der Waals surface area contributed by atoms with E-state index in [1.807, 2.05) is 24.3 Å². The number of ether oxygens (including phenoxy) is 1. The van der Waals surface area contributed by atoms with E-state index in [-0.39, 0.29) is 12.4 Å². The van der Waals surface area contributed by atoms with Crippen molar-refractivity contribution in [3.05, 3.63) is 59.4 Å². The van der Waals surface area contributed by atoms with Gasteiger partial charge in [-0.25, -0.2) is 4.39 Å². The van der Waals surface area contributed by atoms with Crippen molar-refractivity contribution in [2.75, 3.05) is 31.6 Å². The molecule has 2 aromatic rings. The fourth-order valence-corrected chi connectivity index (χ4v) is 3.24. The summed E-state index contributed by atoms with van der Waals surface area (Å²) in [6.45, 7) is 2.64. The fraction of sp³-hybridized carbons (Fsp3) is 0.400. The molecule has 1 heterocycles. The fourth-order valence-electron chi connectivity index (χ4n) is 3.12. The van der Waals surface area contributed by atoms with Crippen molar-refractivity contribution >= 4 is 17.3 Å². The lowest BCUT2D eigenvalue weighted by atomic mass is 10.0. The van der Waals surface area contributed by atoms with Crippen molar-refractivity contribution in [3.8, 4) is 5.75 Å². The number of rotatable bonds is 7. The minimum Gasteiger partial charge on any atom is -0.491 e. The number of benzene rings is 2. The van der Waals surface area contributed by atoms with Crippen molar-refractivity contribution in [1.82, 2.24) is 4.90 Å². The molecule has 140 valence electrons. The summed E-state index contributed by atoms with van der Waals surface area (Å²) in [5, 5.41) is 14.4. The maximum atomic E-state index is 12.9. The summed E-state index contributed by atoms with van der Waals surface area (Å²) in [5.74, 6) is 0.268. The molecule has 0 unspecified atom stereocenters. The van der Waals surface area contributed by atoms with E-state index in [2.05, 4.69) is 10.2 Å². The summed E-state index contributed by atoms with van der Waals surface area (Å²) in [6.07, 6.45) is 1.48. The topological polar surface area (TPSA) is 44.7 Å². The van der Waals surface area contributed by atoms with Crippen molar-refractivity contribution in [2.24, 2.45) is 0 Å². The Labute approximate surface area is 158 Å². The molecule has 0 aromatic heterocycles. The van der Waals surface area contributed by atoms with Crippen molar-refractivity contribution in [3.63, 3.8) is 0 Å². The first-order valence-electron chi connectivity index (χ1n) is 8.89. The first-order chi connectivity index (χ1) is 12.6. The number of nitrogens with zero attached hydrogens (tertiary/aromatic N) is 1. The molecule has 2 aromatic carbocycles. The minimum atomic E-state index is -0.569. The summed E-state index contributed by atoms with van der Waals surface area (Å²) < 4.78 is 18.4. The second-order valence-corrected chi connectivity index (χ2v) is 7.08. The quantitative estimate of drug-likeness (QED) is 0.769. The zero-order valence-electron chi connectivity index (χ0n) is 14.6. The average Bonchev–Trinajstić information content (AvgIpc) is 2.65. The number of hydrogen-bond donors (Lipinski definition) is 2. The molecule has 0 amide bonds. The van der Waals surface area contributed by atoms with Gasteiger partial charge in [0, 0.05) is 36.4 Å². The highest BCUT2D eigenvalue weighted by Crippen LogP contribution is 2.19. The van der Waals surface area contributed by atoms with Gasteiger partial charge in [-0.1, -0.05) is 11.6 Å². The Kier molecular flexibility index (Phi) is 6.72. The minimum absolute atomic E-state index is 0.203. The number of nitrogens with one attached hydrogen (secondary N) is 1. The standard InChI is InChI=1S/C20H24ClFN2O2/c21-15-1-5-17(6-2-15)23-18-9-11-24(12-10-18)13-19(25)14-26-20-7-3-16(22)4-8-20/h1-8,18-19,23,25H,9-14H2/t19-/m1/s1. The van der Waals surface area contributed by atoms with Crippen molar-refractivity contribution in [2.45, 2.75) is 25.0 Å². The number of anilines is 1. The van der Waals surface area contributed by atoms with Crippen LogP contribution in [0.4, 0.5) is 10.1 Å². The van der Waals surface area contributed by atoms with Gasteiger partial charge in [-0.2, -0.15) is 0 Å². The van der Waals surface area contributed by atoms with Crippen LogP contribution in [0.1, 0.15) is 12.8 Å². The molecular weight excluding hydrogens is 355 g/mol. The van der Waals surface area contributed by atoms with Gasteiger partial charge in [0.2, 0.25) is 0 Å². The Morgan fingerprint density at radius 1 is 1.12 bits per heavy atom. The highest BCUT2D eigenvalue weighted by Gasteiger charge is 2.21. The number of likely N-dealkylation sites (tertiary alicyclic amines) is 1. The number of piperidine rings is 1. The number of aliphatic hydroxyl groups excluding tert-OH is 1. The third-order valence-electron chi connectivity index (χ3n) is 4.53. The van der Waals surface area contributed by atoms with Crippen molar-refractivity contribution in [1.29, 1.82) is 0 Å². The first-order valence-corrected chi connectivity index (χ1v) is 9.27. The van der Waals surface area contributed by atoms with Gasteiger partial charge in [-0.15, -0.1) is 0 Å². The van der Waals surface area contributed by atoms with E-state index in [1.54, 1.807) is 12.1 Å². The maximum absolute atomic E-state index is 12.9. The van der Waals surface area contributed by atoms with E-state index >= 15 is 0 Å². The Morgan fingerprint density at radius 2 is 1.77 bits per heavy atom. The van der Waals surface area contributed by atoms with Gasteiger partial charge in [-0.05, 0) is 61.4 Å². The Bertz CT molecular complexity index is 673. The molecule has 0 aliphatic carbocycles. The normalized spacial score (nSPS) is 17.0. The molecule has 0 bridgehead atoms. The van der Waals surface area contributed by atoms with E-state index < -0.39 is 6.10 Å². The van der Waals surface area contributed by atoms with Gasteiger partial charge in [0.05, 0.1) is 0 Å².